The number of aromatic nitrogens is 1. The first-order chi connectivity index (χ1) is 11.0. The number of amides is 1. The number of carboxylic acid groups (broad SMARTS) is 1. The third-order valence-corrected chi connectivity index (χ3v) is 4.10. The predicted molar refractivity (Wildman–Crippen MR) is 87.5 cm³/mol. The van der Waals surface area contributed by atoms with Gasteiger partial charge in [-0.15, -0.1) is 0 Å². The van der Waals surface area contributed by atoms with Gasteiger partial charge in [0, 0.05) is 11.6 Å². The average Bonchev–Trinajstić information content (AvgIpc) is 2.94. The maximum absolute atomic E-state index is 12.2. The molecule has 0 aliphatic carbocycles. The van der Waals surface area contributed by atoms with Crippen molar-refractivity contribution in [3.63, 3.8) is 0 Å². The van der Waals surface area contributed by atoms with Gasteiger partial charge in [-0.3, -0.25) is 4.79 Å². The number of benzene rings is 1. The highest BCUT2D eigenvalue weighted by molar-refractivity contribution is 5.89. The van der Waals surface area contributed by atoms with Gasteiger partial charge in [0.1, 0.15) is 18.3 Å². The summed E-state index contributed by atoms with van der Waals surface area (Å²) < 4.78 is 7.08. The van der Waals surface area contributed by atoms with E-state index in [1.807, 2.05) is 38.1 Å². The SMILES string of the molecule is CC[C@@H](C)[C@H](NC(=O)Cn1ccc2c(OC)cccc21)C(=O)O. The highest BCUT2D eigenvalue weighted by Gasteiger charge is 2.25. The van der Waals surface area contributed by atoms with Gasteiger partial charge >= 0.3 is 5.97 Å². The maximum atomic E-state index is 12.2. The van der Waals surface area contributed by atoms with Crippen LogP contribution in [0.5, 0.6) is 5.75 Å². The first kappa shape index (κ1) is 16.9. The minimum Gasteiger partial charge on any atom is -0.496 e. The van der Waals surface area contributed by atoms with Crippen LogP contribution in [0.1, 0.15) is 20.3 Å². The monoisotopic (exact) mass is 318 g/mol. The Morgan fingerprint density at radius 2 is 2.09 bits per heavy atom. The van der Waals surface area contributed by atoms with Crippen LogP contribution in [0.25, 0.3) is 10.9 Å². The van der Waals surface area contributed by atoms with Gasteiger partial charge in [-0.2, -0.15) is 0 Å². The van der Waals surface area contributed by atoms with Crippen molar-refractivity contribution in [3.05, 3.63) is 30.5 Å². The number of fused-ring (bicyclic) bond motifs is 1. The number of nitrogens with zero attached hydrogens (tertiary/aromatic N) is 1. The van der Waals surface area contributed by atoms with E-state index in [-0.39, 0.29) is 18.4 Å². The molecule has 0 bridgehead atoms. The molecule has 1 heterocycles. The minimum absolute atomic E-state index is 0.0664. The van der Waals surface area contributed by atoms with Crippen molar-refractivity contribution in [1.82, 2.24) is 9.88 Å². The molecule has 2 atom stereocenters. The highest BCUT2D eigenvalue weighted by atomic mass is 16.5. The molecule has 2 aromatic rings. The van der Waals surface area contributed by atoms with Crippen molar-refractivity contribution in [2.45, 2.75) is 32.9 Å². The van der Waals surface area contributed by atoms with Crippen LogP contribution in [0.15, 0.2) is 30.5 Å². The summed E-state index contributed by atoms with van der Waals surface area (Å²) in [6.07, 6.45) is 2.48. The highest BCUT2D eigenvalue weighted by Crippen LogP contribution is 2.26. The van der Waals surface area contributed by atoms with Gasteiger partial charge in [-0.1, -0.05) is 26.3 Å². The zero-order valence-corrected chi connectivity index (χ0v) is 13.6. The molecule has 124 valence electrons. The molecule has 6 heteroatoms. The summed E-state index contributed by atoms with van der Waals surface area (Å²) in [5, 5.41) is 12.8. The van der Waals surface area contributed by atoms with E-state index in [2.05, 4.69) is 5.32 Å². The molecule has 0 saturated carbocycles. The molecule has 6 nitrogen and oxygen atoms in total. The number of hydrogen-bond acceptors (Lipinski definition) is 3. The molecule has 0 aliphatic rings. The molecular formula is C17H22N2O4. The van der Waals surface area contributed by atoms with E-state index in [1.54, 1.807) is 17.9 Å². The van der Waals surface area contributed by atoms with Crippen LogP contribution in [-0.2, 0) is 16.1 Å². The zero-order chi connectivity index (χ0) is 17.0. The summed E-state index contributed by atoms with van der Waals surface area (Å²) in [5.74, 6) is -0.715. The lowest BCUT2D eigenvalue weighted by molar-refractivity contribution is -0.143. The molecule has 1 amide bonds. The van der Waals surface area contributed by atoms with Gasteiger partial charge in [0.25, 0.3) is 0 Å². The van der Waals surface area contributed by atoms with Crippen LogP contribution >= 0.6 is 0 Å². The molecule has 0 fully saturated rings. The first-order valence-corrected chi connectivity index (χ1v) is 7.62. The molecular weight excluding hydrogens is 296 g/mol. The Morgan fingerprint density at radius 1 is 1.35 bits per heavy atom. The molecule has 1 aromatic carbocycles. The van der Waals surface area contributed by atoms with Crippen LogP contribution in [-0.4, -0.2) is 34.7 Å². The predicted octanol–water partition coefficient (Wildman–Crippen LogP) is 2.27. The average molecular weight is 318 g/mol. The summed E-state index contributed by atoms with van der Waals surface area (Å²) in [4.78, 5) is 23.5. The molecule has 0 spiro atoms. The number of nitrogens with one attached hydrogen (secondary N) is 1. The van der Waals surface area contributed by atoms with Crippen molar-refractivity contribution in [1.29, 1.82) is 0 Å². The summed E-state index contributed by atoms with van der Waals surface area (Å²) >= 11 is 0. The van der Waals surface area contributed by atoms with Crippen molar-refractivity contribution in [2.75, 3.05) is 7.11 Å². The lowest BCUT2D eigenvalue weighted by Gasteiger charge is -2.20. The van der Waals surface area contributed by atoms with Gasteiger partial charge in [0.05, 0.1) is 12.6 Å². The molecule has 0 saturated heterocycles. The van der Waals surface area contributed by atoms with Crippen molar-refractivity contribution < 1.29 is 19.4 Å². The number of rotatable bonds is 7. The Balaban J connectivity index is 2.16. The molecule has 23 heavy (non-hydrogen) atoms. The standard InChI is InChI=1S/C17H22N2O4/c1-4-11(2)16(17(21)22)18-15(20)10-19-9-8-12-13(19)6-5-7-14(12)23-3/h5-9,11,16H,4,10H2,1-3H3,(H,18,20)(H,21,22)/t11-,16+/m1/s1. The van der Waals surface area contributed by atoms with Gasteiger partial charge in [0.2, 0.25) is 5.91 Å². The van der Waals surface area contributed by atoms with Crippen molar-refractivity contribution in [2.24, 2.45) is 5.92 Å². The van der Waals surface area contributed by atoms with Gasteiger partial charge < -0.3 is 19.7 Å². The first-order valence-electron chi connectivity index (χ1n) is 7.62. The van der Waals surface area contributed by atoms with Crippen LogP contribution in [0.3, 0.4) is 0 Å². The number of aliphatic carboxylic acids is 1. The van der Waals surface area contributed by atoms with Crippen molar-refractivity contribution >= 4 is 22.8 Å². The summed E-state index contributed by atoms with van der Waals surface area (Å²) in [6, 6.07) is 6.62. The largest absolute Gasteiger partial charge is 0.496 e. The summed E-state index contributed by atoms with van der Waals surface area (Å²) in [5.41, 5.74) is 0.870. The van der Waals surface area contributed by atoms with E-state index in [1.165, 1.54) is 0 Å². The Kier molecular flexibility index (Phi) is 5.26. The second-order valence-corrected chi connectivity index (χ2v) is 5.61. The number of methoxy groups -OCH3 is 1. The summed E-state index contributed by atoms with van der Waals surface area (Å²) in [6.45, 7) is 3.78. The van der Waals surface area contributed by atoms with E-state index >= 15 is 0 Å². The fourth-order valence-electron chi connectivity index (χ4n) is 2.57. The molecule has 1 aromatic heterocycles. The van der Waals surface area contributed by atoms with Crippen LogP contribution < -0.4 is 10.1 Å². The van der Waals surface area contributed by atoms with Crippen molar-refractivity contribution in [3.8, 4) is 5.75 Å². The summed E-state index contributed by atoms with van der Waals surface area (Å²) in [7, 11) is 1.60. The number of ether oxygens (including phenoxy) is 1. The smallest absolute Gasteiger partial charge is 0.326 e. The topological polar surface area (TPSA) is 80.6 Å². The number of carbonyl (C=O) groups excluding carboxylic acids is 1. The van der Waals surface area contributed by atoms with Crippen LogP contribution in [0.2, 0.25) is 0 Å². The normalized spacial score (nSPS) is 13.5. The van der Waals surface area contributed by atoms with Gasteiger partial charge in [-0.05, 0) is 24.1 Å². The van der Waals surface area contributed by atoms with E-state index in [9.17, 15) is 14.7 Å². The zero-order valence-electron chi connectivity index (χ0n) is 13.6. The quantitative estimate of drug-likeness (QED) is 0.820. The van der Waals surface area contributed by atoms with E-state index in [0.717, 1.165) is 16.7 Å². The van der Waals surface area contributed by atoms with Crippen LogP contribution in [0.4, 0.5) is 0 Å². The second kappa shape index (κ2) is 7.17. The van der Waals surface area contributed by atoms with Gasteiger partial charge in [0.15, 0.2) is 0 Å². The van der Waals surface area contributed by atoms with E-state index in [4.69, 9.17) is 4.74 Å². The Morgan fingerprint density at radius 3 is 2.70 bits per heavy atom. The molecule has 2 N–H and O–H groups in total. The van der Waals surface area contributed by atoms with Crippen LogP contribution in [0, 0.1) is 5.92 Å². The van der Waals surface area contributed by atoms with E-state index < -0.39 is 12.0 Å². The third kappa shape index (κ3) is 3.64. The molecule has 0 aliphatic heterocycles. The van der Waals surface area contributed by atoms with E-state index in [0.29, 0.717) is 6.42 Å². The Labute approximate surface area is 135 Å². The number of hydrogen-bond donors (Lipinski definition) is 2. The number of carboxylic acids is 1. The third-order valence-electron chi connectivity index (χ3n) is 4.10. The Hall–Kier alpha value is -2.50. The fourth-order valence-corrected chi connectivity index (χ4v) is 2.57. The molecule has 2 rings (SSSR count). The Bertz CT molecular complexity index is 708. The minimum atomic E-state index is -1.01. The maximum Gasteiger partial charge on any atom is 0.326 e. The second-order valence-electron chi connectivity index (χ2n) is 5.61. The lowest BCUT2D eigenvalue weighted by atomic mass is 9.99. The van der Waals surface area contributed by atoms with Gasteiger partial charge in [-0.25, -0.2) is 4.79 Å². The fraction of sp³-hybridized carbons (Fsp3) is 0.412. The molecule has 0 radical (unpaired) electrons. The lowest BCUT2D eigenvalue weighted by Crippen LogP contribution is -2.46. The number of carbonyl (C=O) groups is 2. The molecule has 0 unspecified atom stereocenters.